The molecule has 0 N–H and O–H groups in total. The third kappa shape index (κ3) is 3.84. The summed E-state index contributed by atoms with van der Waals surface area (Å²) in [5.41, 5.74) is 1.52. The van der Waals surface area contributed by atoms with E-state index in [1.165, 1.54) is 7.11 Å². The molecule has 2 aliphatic rings. The number of hydrogen-bond acceptors (Lipinski definition) is 5. The summed E-state index contributed by atoms with van der Waals surface area (Å²) in [7, 11) is 3.10. The first-order valence-electron chi connectivity index (χ1n) is 9.57. The smallest absolute Gasteiger partial charge is 0.323 e. The summed E-state index contributed by atoms with van der Waals surface area (Å²) < 4.78 is 4.98. The number of methoxy groups -OCH3 is 1. The van der Waals surface area contributed by atoms with Gasteiger partial charge in [-0.2, -0.15) is 5.26 Å². The highest BCUT2D eigenvalue weighted by atomic mass is 16.5. The SMILES string of the molecule is COC(=O)[C@@H]1Cc2ccccc2CN1CC(=O)N(C)C1(C#N)CCCCC1. The van der Waals surface area contributed by atoms with Crippen molar-refractivity contribution in [3.8, 4) is 6.07 Å². The lowest BCUT2D eigenvalue weighted by molar-refractivity contribution is -0.149. The molecule has 0 spiro atoms. The molecule has 1 aliphatic heterocycles. The molecule has 1 aromatic carbocycles. The first-order chi connectivity index (χ1) is 13.0. The van der Waals surface area contributed by atoms with Crippen LogP contribution in [-0.4, -0.2) is 54.0 Å². The molecule has 0 aromatic heterocycles. The van der Waals surface area contributed by atoms with Crippen LogP contribution < -0.4 is 0 Å². The quantitative estimate of drug-likeness (QED) is 0.761. The Balaban J connectivity index is 1.78. The molecule has 1 fully saturated rings. The Hall–Kier alpha value is -2.39. The molecule has 0 radical (unpaired) electrons. The molecular formula is C21H27N3O3. The number of likely N-dealkylation sites (N-methyl/N-ethyl adjacent to an activating group) is 1. The van der Waals surface area contributed by atoms with Gasteiger partial charge < -0.3 is 9.64 Å². The topological polar surface area (TPSA) is 73.6 Å². The average Bonchev–Trinajstić information content (AvgIpc) is 2.72. The van der Waals surface area contributed by atoms with Gasteiger partial charge in [-0.25, -0.2) is 0 Å². The molecule has 3 rings (SSSR count). The number of hydrogen-bond donors (Lipinski definition) is 0. The average molecular weight is 369 g/mol. The van der Waals surface area contributed by atoms with Crippen LogP contribution in [0.2, 0.25) is 0 Å². The van der Waals surface area contributed by atoms with Crippen LogP contribution in [0.1, 0.15) is 43.2 Å². The van der Waals surface area contributed by atoms with E-state index in [0.717, 1.165) is 43.2 Å². The molecule has 1 atom stereocenters. The number of carbonyl (C=O) groups is 2. The van der Waals surface area contributed by atoms with E-state index >= 15 is 0 Å². The van der Waals surface area contributed by atoms with Crippen LogP contribution in [-0.2, 0) is 27.3 Å². The number of benzene rings is 1. The molecule has 1 aliphatic carbocycles. The van der Waals surface area contributed by atoms with Crippen LogP contribution >= 0.6 is 0 Å². The van der Waals surface area contributed by atoms with Crippen molar-refractivity contribution >= 4 is 11.9 Å². The summed E-state index contributed by atoms with van der Waals surface area (Å²) in [4.78, 5) is 28.8. The van der Waals surface area contributed by atoms with Crippen LogP contribution in [0.4, 0.5) is 0 Å². The minimum atomic E-state index is -0.718. The van der Waals surface area contributed by atoms with Gasteiger partial charge in [0, 0.05) is 13.6 Å². The molecule has 0 unspecified atom stereocenters. The molecular weight excluding hydrogens is 342 g/mol. The number of ether oxygens (including phenoxy) is 1. The Bertz CT molecular complexity index is 749. The first-order valence-corrected chi connectivity index (χ1v) is 9.57. The van der Waals surface area contributed by atoms with Gasteiger partial charge in [0.15, 0.2) is 0 Å². The van der Waals surface area contributed by atoms with Gasteiger partial charge in [0.1, 0.15) is 11.6 Å². The Morgan fingerprint density at radius 1 is 1.26 bits per heavy atom. The predicted molar refractivity (Wildman–Crippen MR) is 101 cm³/mol. The second kappa shape index (κ2) is 8.10. The van der Waals surface area contributed by atoms with E-state index in [4.69, 9.17) is 4.74 Å². The maximum absolute atomic E-state index is 13.0. The second-order valence-corrected chi connectivity index (χ2v) is 7.57. The lowest BCUT2D eigenvalue weighted by Gasteiger charge is -2.41. The Labute approximate surface area is 160 Å². The van der Waals surface area contributed by atoms with Crippen LogP contribution in [0, 0.1) is 11.3 Å². The minimum absolute atomic E-state index is 0.105. The van der Waals surface area contributed by atoms with Crippen LogP contribution in [0.15, 0.2) is 24.3 Å². The van der Waals surface area contributed by atoms with Gasteiger partial charge in [-0.1, -0.05) is 43.5 Å². The number of nitriles is 1. The molecule has 144 valence electrons. The van der Waals surface area contributed by atoms with Crippen LogP contribution in [0.25, 0.3) is 0 Å². The van der Waals surface area contributed by atoms with Crippen molar-refractivity contribution in [1.82, 2.24) is 9.80 Å². The maximum atomic E-state index is 13.0. The van der Waals surface area contributed by atoms with Crippen molar-refractivity contribution < 1.29 is 14.3 Å². The Kier molecular flexibility index (Phi) is 5.81. The molecule has 1 heterocycles. The first kappa shape index (κ1) is 19.4. The number of fused-ring (bicyclic) bond motifs is 1. The van der Waals surface area contributed by atoms with Crippen molar-refractivity contribution in [2.75, 3.05) is 20.7 Å². The largest absolute Gasteiger partial charge is 0.468 e. The summed E-state index contributed by atoms with van der Waals surface area (Å²) in [6, 6.07) is 9.89. The molecule has 0 bridgehead atoms. The van der Waals surface area contributed by atoms with Gasteiger partial charge in [-0.3, -0.25) is 14.5 Å². The molecule has 1 aromatic rings. The van der Waals surface area contributed by atoms with Crippen molar-refractivity contribution in [3.05, 3.63) is 35.4 Å². The standard InChI is InChI=1S/C21H27N3O3/c1-23(21(15-22)10-6-3-7-11-21)19(25)14-24-13-17-9-5-4-8-16(17)12-18(24)20(26)27-2/h4-5,8-9,18H,3,6-7,10-14H2,1-2H3/t18-/m0/s1. The lowest BCUT2D eigenvalue weighted by atomic mass is 9.81. The van der Waals surface area contributed by atoms with E-state index < -0.39 is 11.6 Å². The number of esters is 1. The third-order valence-corrected chi connectivity index (χ3v) is 6.06. The van der Waals surface area contributed by atoms with Gasteiger partial charge in [0.05, 0.1) is 19.7 Å². The lowest BCUT2D eigenvalue weighted by Crippen LogP contribution is -2.55. The van der Waals surface area contributed by atoms with E-state index in [1.54, 1.807) is 11.9 Å². The normalized spacial score (nSPS) is 21.6. The van der Waals surface area contributed by atoms with E-state index in [-0.39, 0.29) is 18.4 Å². The number of amides is 1. The molecule has 6 heteroatoms. The fourth-order valence-corrected chi connectivity index (χ4v) is 4.29. The zero-order valence-electron chi connectivity index (χ0n) is 16.1. The monoisotopic (exact) mass is 369 g/mol. The molecule has 1 saturated carbocycles. The van der Waals surface area contributed by atoms with E-state index in [1.807, 2.05) is 29.2 Å². The summed E-state index contributed by atoms with van der Waals surface area (Å²) in [6.07, 6.45) is 5.01. The van der Waals surface area contributed by atoms with Crippen molar-refractivity contribution in [2.24, 2.45) is 0 Å². The predicted octanol–water partition coefficient (Wildman–Crippen LogP) is 2.27. The number of rotatable bonds is 4. The zero-order chi connectivity index (χ0) is 19.4. The van der Waals surface area contributed by atoms with Crippen molar-refractivity contribution in [2.45, 2.75) is 56.7 Å². The van der Waals surface area contributed by atoms with Gasteiger partial charge in [0.2, 0.25) is 5.91 Å². The molecule has 6 nitrogen and oxygen atoms in total. The van der Waals surface area contributed by atoms with E-state index in [9.17, 15) is 14.9 Å². The Morgan fingerprint density at radius 3 is 2.56 bits per heavy atom. The highest BCUT2D eigenvalue weighted by Gasteiger charge is 2.40. The van der Waals surface area contributed by atoms with Crippen molar-refractivity contribution in [3.63, 3.8) is 0 Å². The molecule has 27 heavy (non-hydrogen) atoms. The summed E-state index contributed by atoms with van der Waals surface area (Å²) >= 11 is 0. The van der Waals surface area contributed by atoms with Crippen LogP contribution in [0.5, 0.6) is 0 Å². The van der Waals surface area contributed by atoms with Gasteiger partial charge in [-0.15, -0.1) is 0 Å². The Morgan fingerprint density at radius 2 is 1.93 bits per heavy atom. The number of carbonyl (C=O) groups excluding carboxylic acids is 2. The second-order valence-electron chi connectivity index (χ2n) is 7.57. The highest BCUT2D eigenvalue weighted by Crippen LogP contribution is 2.33. The highest BCUT2D eigenvalue weighted by molar-refractivity contribution is 5.82. The van der Waals surface area contributed by atoms with Gasteiger partial charge in [-0.05, 0) is 30.4 Å². The maximum Gasteiger partial charge on any atom is 0.323 e. The fraction of sp³-hybridized carbons (Fsp3) is 0.571. The van der Waals surface area contributed by atoms with Crippen molar-refractivity contribution in [1.29, 1.82) is 5.26 Å². The van der Waals surface area contributed by atoms with E-state index in [2.05, 4.69) is 6.07 Å². The molecule has 1 amide bonds. The van der Waals surface area contributed by atoms with Crippen LogP contribution in [0.3, 0.4) is 0 Å². The van der Waals surface area contributed by atoms with E-state index in [0.29, 0.717) is 13.0 Å². The number of nitrogens with zero attached hydrogens (tertiary/aromatic N) is 3. The minimum Gasteiger partial charge on any atom is -0.468 e. The fourth-order valence-electron chi connectivity index (χ4n) is 4.29. The zero-order valence-corrected chi connectivity index (χ0v) is 16.1. The van der Waals surface area contributed by atoms with Gasteiger partial charge in [0.25, 0.3) is 0 Å². The third-order valence-electron chi connectivity index (χ3n) is 6.06. The summed E-state index contributed by atoms with van der Waals surface area (Å²) in [6.45, 7) is 0.628. The van der Waals surface area contributed by atoms with Gasteiger partial charge >= 0.3 is 5.97 Å². The summed E-state index contributed by atoms with van der Waals surface area (Å²) in [5, 5.41) is 9.74. The summed E-state index contributed by atoms with van der Waals surface area (Å²) in [5.74, 6) is -0.445. The molecule has 0 saturated heterocycles.